The van der Waals surface area contributed by atoms with Crippen LogP contribution >= 0.6 is 0 Å². The number of carbonyl (C=O) groups excluding carboxylic acids is 2. The second-order valence-electron chi connectivity index (χ2n) is 6.87. The van der Waals surface area contributed by atoms with Gasteiger partial charge in [-0.2, -0.15) is 5.10 Å². The van der Waals surface area contributed by atoms with Crippen molar-refractivity contribution in [1.29, 1.82) is 0 Å². The summed E-state index contributed by atoms with van der Waals surface area (Å²) in [4.78, 5) is 28.9. The van der Waals surface area contributed by atoms with Gasteiger partial charge in [-0.25, -0.2) is 19.6 Å². The Morgan fingerprint density at radius 2 is 1.76 bits per heavy atom. The van der Waals surface area contributed by atoms with E-state index < -0.39 is 17.7 Å². The maximum absolute atomic E-state index is 13.8. The number of hydrazone groups is 1. The minimum absolute atomic E-state index is 0.118. The molecule has 1 heterocycles. The number of para-hydroxylation sites is 1. The van der Waals surface area contributed by atoms with Crippen molar-refractivity contribution in [2.24, 2.45) is 5.10 Å². The van der Waals surface area contributed by atoms with Gasteiger partial charge in [-0.3, -0.25) is 4.79 Å². The summed E-state index contributed by atoms with van der Waals surface area (Å²) in [6.07, 6.45) is 1.41. The Bertz CT molecular complexity index is 1370. The van der Waals surface area contributed by atoms with Gasteiger partial charge in [-0.1, -0.05) is 36.4 Å². The average molecular weight is 443 g/mol. The smallest absolute Gasteiger partial charge is 0.346 e. The molecule has 0 aliphatic carbocycles. The number of amides is 1. The van der Waals surface area contributed by atoms with Crippen LogP contribution < -0.4 is 14.9 Å². The molecule has 33 heavy (non-hydrogen) atoms. The third kappa shape index (κ3) is 5.01. The molecule has 1 amide bonds. The fourth-order valence-corrected chi connectivity index (χ4v) is 3.05. The zero-order chi connectivity index (χ0) is 23.2. The predicted molar refractivity (Wildman–Crippen MR) is 121 cm³/mol. The van der Waals surface area contributed by atoms with Crippen molar-refractivity contribution in [3.05, 3.63) is 102 Å². The Morgan fingerprint density at radius 3 is 2.58 bits per heavy atom. The van der Waals surface area contributed by atoms with Crippen LogP contribution in [0.2, 0.25) is 0 Å². The van der Waals surface area contributed by atoms with Gasteiger partial charge < -0.3 is 9.47 Å². The quantitative estimate of drug-likeness (QED) is 0.207. The Morgan fingerprint density at radius 1 is 0.970 bits per heavy atom. The number of rotatable bonds is 6. The number of fused-ring (bicyclic) bond motifs is 1. The van der Waals surface area contributed by atoms with Gasteiger partial charge in [-0.15, -0.1) is 0 Å². The first-order valence-corrected chi connectivity index (χ1v) is 9.89. The van der Waals surface area contributed by atoms with Crippen LogP contribution in [0.15, 0.2) is 84.0 Å². The molecule has 0 bridgehead atoms. The fraction of sp³-hybridized carbons (Fsp3) is 0.0400. The van der Waals surface area contributed by atoms with Crippen molar-refractivity contribution < 1.29 is 23.5 Å². The van der Waals surface area contributed by atoms with E-state index in [1.165, 1.54) is 43.7 Å². The maximum atomic E-state index is 13.8. The molecule has 8 heteroatoms. The molecule has 0 radical (unpaired) electrons. The number of ether oxygens (including phenoxy) is 2. The lowest BCUT2D eigenvalue weighted by atomic mass is 10.2. The summed E-state index contributed by atoms with van der Waals surface area (Å²) >= 11 is 0. The first-order valence-electron chi connectivity index (χ1n) is 9.89. The normalized spacial score (nSPS) is 10.8. The number of methoxy groups -OCH3 is 1. The highest BCUT2D eigenvalue weighted by atomic mass is 19.1. The zero-order valence-corrected chi connectivity index (χ0v) is 17.5. The predicted octanol–water partition coefficient (Wildman–Crippen LogP) is 4.37. The molecule has 0 spiro atoms. The molecule has 4 rings (SSSR count). The van der Waals surface area contributed by atoms with Gasteiger partial charge >= 0.3 is 5.97 Å². The summed E-state index contributed by atoms with van der Waals surface area (Å²) in [7, 11) is 1.41. The number of aromatic nitrogens is 1. The molecule has 0 aliphatic rings. The average Bonchev–Trinajstić information content (AvgIpc) is 2.84. The highest BCUT2D eigenvalue weighted by Gasteiger charge is 2.16. The van der Waals surface area contributed by atoms with Crippen LogP contribution in [0.25, 0.3) is 10.9 Å². The number of pyridine rings is 1. The third-order valence-corrected chi connectivity index (χ3v) is 4.69. The Balaban J connectivity index is 1.44. The molecule has 0 aliphatic heterocycles. The Kier molecular flexibility index (Phi) is 6.36. The molecule has 1 N–H and O–H groups in total. The van der Waals surface area contributed by atoms with Crippen molar-refractivity contribution in [3.63, 3.8) is 0 Å². The van der Waals surface area contributed by atoms with E-state index in [2.05, 4.69) is 15.5 Å². The van der Waals surface area contributed by atoms with Gasteiger partial charge in [0, 0.05) is 5.39 Å². The molecule has 7 nitrogen and oxygen atoms in total. The molecule has 3 aromatic carbocycles. The van der Waals surface area contributed by atoms with Gasteiger partial charge in [0.1, 0.15) is 11.5 Å². The Hall–Kier alpha value is -4.59. The first-order chi connectivity index (χ1) is 16.0. The summed E-state index contributed by atoms with van der Waals surface area (Å²) in [5.74, 6) is -1.62. The minimum Gasteiger partial charge on any atom is -0.493 e. The van der Waals surface area contributed by atoms with Crippen LogP contribution in [0.3, 0.4) is 0 Å². The second-order valence-corrected chi connectivity index (χ2v) is 6.87. The van der Waals surface area contributed by atoms with E-state index in [1.807, 2.05) is 30.3 Å². The van der Waals surface area contributed by atoms with E-state index in [-0.39, 0.29) is 22.8 Å². The van der Waals surface area contributed by atoms with Gasteiger partial charge in [0.2, 0.25) is 0 Å². The number of halogens is 1. The molecular weight excluding hydrogens is 425 g/mol. The maximum Gasteiger partial charge on any atom is 0.346 e. The second kappa shape index (κ2) is 9.69. The van der Waals surface area contributed by atoms with Crippen LogP contribution in [0, 0.1) is 5.82 Å². The molecule has 1 aromatic heterocycles. The van der Waals surface area contributed by atoms with Crippen LogP contribution in [0.5, 0.6) is 11.5 Å². The molecular formula is C25H18FN3O4. The van der Waals surface area contributed by atoms with Crippen molar-refractivity contribution in [2.45, 2.75) is 0 Å². The Labute approximate surface area is 188 Å². The van der Waals surface area contributed by atoms with Crippen LogP contribution in [0.1, 0.15) is 26.4 Å². The summed E-state index contributed by atoms with van der Waals surface area (Å²) in [6, 6.07) is 21.1. The van der Waals surface area contributed by atoms with E-state index in [0.717, 1.165) is 5.39 Å². The molecule has 164 valence electrons. The molecule has 0 saturated carbocycles. The van der Waals surface area contributed by atoms with Crippen LogP contribution in [-0.4, -0.2) is 30.2 Å². The molecule has 0 fully saturated rings. The number of carbonyl (C=O) groups is 2. The largest absolute Gasteiger partial charge is 0.493 e. The third-order valence-electron chi connectivity index (χ3n) is 4.69. The van der Waals surface area contributed by atoms with E-state index >= 15 is 0 Å². The lowest BCUT2D eigenvalue weighted by Gasteiger charge is -2.10. The minimum atomic E-state index is -0.844. The van der Waals surface area contributed by atoms with E-state index in [4.69, 9.17) is 9.47 Å². The number of esters is 1. The number of nitrogens with one attached hydrogen (secondary N) is 1. The SMILES string of the molecule is COc1cc(/C=N/NC(=O)c2ccc3ccccc3n2)ccc1OC(=O)c1ccccc1F. The molecule has 0 atom stereocenters. The van der Waals surface area contributed by atoms with Crippen molar-refractivity contribution in [3.8, 4) is 11.5 Å². The summed E-state index contributed by atoms with van der Waals surface area (Å²) < 4.78 is 24.3. The summed E-state index contributed by atoms with van der Waals surface area (Å²) in [6.45, 7) is 0. The van der Waals surface area contributed by atoms with E-state index in [1.54, 1.807) is 18.2 Å². The van der Waals surface area contributed by atoms with Gasteiger partial charge in [0.25, 0.3) is 5.91 Å². The molecule has 0 unspecified atom stereocenters. The van der Waals surface area contributed by atoms with Gasteiger partial charge in [-0.05, 0) is 48.0 Å². The van der Waals surface area contributed by atoms with E-state index in [0.29, 0.717) is 11.1 Å². The molecule has 4 aromatic rings. The lowest BCUT2D eigenvalue weighted by molar-refractivity contribution is 0.0724. The van der Waals surface area contributed by atoms with Crippen molar-refractivity contribution in [2.75, 3.05) is 7.11 Å². The lowest BCUT2D eigenvalue weighted by Crippen LogP contribution is -2.19. The summed E-state index contributed by atoms with van der Waals surface area (Å²) in [5.41, 5.74) is 3.76. The van der Waals surface area contributed by atoms with Gasteiger partial charge in [0.05, 0.1) is 24.4 Å². The standard InChI is InChI=1S/C25H18FN3O4/c1-32-23-14-16(10-13-22(23)33-25(31)18-7-3-4-8-19(18)26)15-27-29-24(30)21-12-11-17-6-2-5-9-20(17)28-21/h2-15H,1H3,(H,29,30)/b27-15+. The zero-order valence-electron chi connectivity index (χ0n) is 17.5. The van der Waals surface area contributed by atoms with Crippen LogP contribution in [0.4, 0.5) is 4.39 Å². The van der Waals surface area contributed by atoms with Crippen molar-refractivity contribution >= 4 is 29.0 Å². The summed E-state index contributed by atoms with van der Waals surface area (Å²) in [5, 5.41) is 4.88. The monoisotopic (exact) mass is 443 g/mol. The van der Waals surface area contributed by atoms with E-state index in [9.17, 15) is 14.0 Å². The number of benzene rings is 3. The van der Waals surface area contributed by atoms with Gasteiger partial charge in [0.15, 0.2) is 11.5 Å². The fourth-order valence-electron chi connectivity index (χ4n) is 3.05. The molecule has 0 saturated heterocycles. The number of hydrogen-bond acceptors (Lipinski definition) is 6. The first kappa shape index (κ1) is 21.6. The topological polar surface area (TPSA) is 89.9 Å². The van der Waals surface area contributed by atoms with Crippen LogP contribution in [-0.2, 0) is 0 Å². The number of hydrogen-bond donors (Lipinski definition) is 1. The van der Waals surface area contributed by atoms with Crippen molar-refractivity contribution in [1.82, 2.24) is 10.4 Å². The number of nitrogens with zero attached hydrogens (tertiary/aromatic N) is 2. The highest BCUT2D eigenvalue weighted by Crippen LogP contribution is 2.28. The highest BCUT2D eigenvalue weighted by molar-refractivity contribution is 5.95.